The van der Waals surface area contributed by atoms with Gasteiger partial charge in [-0.1, -0.05) is 38.5 Å². The molecule has 1 aliphatic rings. The Bertz CT molecular complexity index is 418. The Hall–Kier alpha value is -1.92. The van der Waals surface area contributed by atoms with Gasteiger partial charge in [-0.3, -0.25) is 14.4 Å². The van der Waals surface area contributed by atoms with Crippen molar-refractivity contribution in [2.45, 2.75) is 77.0 Å². The first-order valence-electron chi connectivity index (χ1n) is 8.29. The second-order valence-corrected chi connectivity index (χ2v) is 5.77. The van der Waals surface area contributed by atoms with Crippen LogP contribution in [0.2, 0.25) is 0 Å². The van der Waals surface area contributed by atoms with Crippen molar-refractivity contribution in [2.75, 3.05) is 0 Å². The first kappa shape index (κ1) is 19.1. The third kappa shape index (κ3) is 8.32. The molecule has 0 aliphatic carbocycles. The number of nitrogens with zero attached hydrogens (tertiary/aromatic N) is 1. The molecule has 7 heteroatoms. The monoisotopic (exact) mass is 327 g/mol. The molecular formula is C16H25NO6. The molecule has 1 rings (SSSR count). The third-order valence-corrected chi connectivity index (χ3v) is 3.72. The first-order valence-corrected chi connectivity index (χ1v) is 8.29. The molecule has 0 saturated carbocycles. The molecule has 0 unspecified atom stereocenters. The number of hydroxylamine groups is 2. The minimum absolute atomic E-state index is 0.110. The van der Waals surface area contributed by atoms with E-state index in [4.69, 9.17) is 9.94 Å². The predicted octanol–water partition coefficient (Wildman–Crippen LogP) is 2.58. The van der Waals surface area contributed by atoms with Gasteiger partial charge in [0.25, 0.3) is 11.8 Å². The molecule has 1 heterocycles. The van der Waals surface area contributed by atoms with Crippen molar-refractivity contribution >= 4 is 23.8 Å². The molecule has 0 aromatic rings. The molecule has 0 spiro atoms. The van der Waals surface area contributed by atoms with Gasteiger partial charge < -0.3 is 9.94 Å². The molecule has 7 nitrogen and oxygen atoms in total. The number of hydrogen-bond donors (Lipinski definition) is 1. The summed E-state index contributed by atoms with van der Waals surface area (Å²) >= 11 is 0. The van der Waals surface area contributed by atoms with Crippen LogP contribution in [0.3, 0.4) is 0 Å². The molecule has 0 aromatic carbocycles. The molecule has 1 fully saturated rings. The minimum atomic E-state index is -0.741. The van der Waals surface area contributed by atoms with Gasteiger partial charge in [-0.15, -0.1) is 5.06 Å². The predicted molar refractivity (Wildman–Crippen MR) is 81.0 cm³/mol. The average molecular weight is 327 g/mol. The van der Waals surface area contributed by atoms with E-state index in [9.17, 15) is 19.2 Å². The summed E-state index contributed by atoms with van der Waals surface area (Å²) < 4.78 is 0. The van der Waals surface area contributed by atoms with Crippen LogP contribution in [0.25, 0.3) is 0 Å². The maximum atomic E-state index is 11.5. The van der Waals surface area contributed by atoms with Crippen LogP contribution in [0.4, 0.5) is 0 Å². The second kappa shape index (κ2) is 10.7. The van der Waals surface area contributed by atoms with Gasteiger partial charge in [-0.2, -0.15) is 0 Å². The normalized spacial score (nSPS) is 14.3. The minimum Gasteiger partial charge on any atom is -0.481 e. The average Bonchev–Trinajstić information content (AvgIpc) is 2.80. The Labute approximate surface area is 135 Å². The lowest BCUT2D eigenvalue weighted by molar-refractivity contribution is -0.197. The van der Waals surface area contributed by atoms with E-state index in [2.05, 4.69) is 0 Å². The fourth-order valence-electron chi connectivity index (χ4n) is 2.41. The molecule has 0 radical (unpaired) electrons. The van der Waals surface area contributed by atoms with E-state index in [0.29, 0.717) is 11.5 Å². The second-order valence-electron chi connectivity index (χ2n) is 5.77. The highest BCUT2D eigenvalue weighted by Gasteiger charge is 2.32. The van der Waals surface area contributed by atoms with Gasteiger partial charge in [0.1, 0.15) is 0 Å². The Morgan fingerprint density at radius 2 is 1.26 bits per heavy atom. The van der Waals surface area contributed by atoms with Crippen molar-refractivity contribution in [1.29, 1.82) is 0 Å². The number of hydrogen-bond acceptors (Lipinski definition) is 5. The Kier molecular flexibility index (Phi) is 8.94. The maximum Gasteiger partial charge on any atom is 0.333 e. The van der Waals surface area contributed by atoms with E-state index < -0.39 is 23.8 Å². The maximum absolute atomic E-state index is 11.5. The summed E-state index contributed by atoms with van der Waals surface area (Å²) in [6.45, 7) is 0. The summed E-state index contributed by atoms with van der Waals surface area (Å²) in [5, 5.41) is 9.08. The van der Waals surface area contributed by atoms with Gasteiger partial charge in [0, 0.05) is 25.7 Å². The summed E-state index contributed by atoms with van der Waals surface area (Å²) in [5.41, 5.74) is 0. The molecular weight excluding hydrogens is 302 g/mol. The number of rotatable bonds is 12. The molecule has 1 saturated heterocycles. The van der Waals surface area contributed by atoms with Gasteiger partial charge in [0.2, 0.25) is 0 Å². The molecule has 2 amide bonds. The molecule has 0 bridgehead atoms. The van der Waals surface area contributed by atoms with E-state index in [0.717, 1.165) is 44.9 Å². The fourth-order valence-corrected chi connectivity index (χ4v) is 2.41. The lowest BCUT2D eigenvalue weighted by atomic mass is 10.1. The van der Waals surface area contributed by atoms with Crippen LogP contribution < -0.4 is 0 Å². The Morgan fingerprint density at radius 1 is 0.826 bits per heavy atom. The fraction of sp³-hybridized carbons (Fsp3) is 0.750. The first-order chi connectivity index (χ1) is 11.0. The summed E-state index contributed by atoms with van der Waals surface area (Å²) in [5.74, 6) is -2.19. The SMILES string of the molecule is O=C(O)CCCCCCCCCCC(=O)ON1C(=O)CCC1=O. The summed E-state index contributed by atoms with van der Waals surface area (Å²) in [7, 11) is 0. The van der Waals surface area contributed by atoms with E-state index in [1.54, 1.807) is 0 Å². The Morgan fingerprint density at radius 3 is 1.74 bits per heavy atom. The van der Waals surface area contributed by atoms with E-state index in [1.807, 2.05) is 0 Å². The molecule has 0 atom stereocenters. The van der Waals surface area contributed by atoms with Crippen molar-refractivity contribution in [3.05, 3.63) is 0 Å². The van der Waals surface area contributed by atoms with Crippen molar-refractivity contribution in [3.8, 4) is 0 Å². The number of amides is 2. The van der Waals surface area contributed by atoms with Crippen LogP contribution in [0.1, 0.15) is 77.0 Å². The highest BCUT2D eigenvalue weighted by atomic mass is 16.7. The number of aliphatic carboxylic acids is 1. The van der Waals surface area contributed by atoms with Crippen molar-refractivity contribution in [1.82, 2.24) is 5.06 Å². The van der Waals surface area contributed by atoms with Gasteiger partial charge in [-0.05, 0) is 12.8 Å². The van der Waals surface area contributed by atoms with Crippen molar-refractivity contribution < 1.29 is 29.1 Å². The third-order valence-electron chi connectivity index (χ3n) is 3.72. The van der Waals surface area contributed by atoms with Crippen LogP contribution in [-0.2, 0) is 24.0 Å². The van der Waals surface area contributed by atoms with Crippen LogP contribution in [-0.4, -0.2) is 33.9 Å². The van der Waals surface area contributed by atoms with Crippen molar-refractivity contribution in [2.24, 2.45) is 0 Å². The standard InChI is InChI=1S/C16H25NO6/c18-13-11-12-14(19)17(13)23-16(22)10-8-6-4-2-1-3-5-7-9-15(20)21/h1-12H2,(H,20,21). The highest BCUT2D eigenvalue weighted by molar-refractivity contribution is 6.01. The zero-order valence-electron chi connectivity index (χ0n) is 13.4. The zero-order chi connectivity index (χ0) is 17.1. The molecule has 1 aliphatic heterocycles. The molecule has 0 aromatic heterocycles. The van der Waals surface area contributed by atoms with E-state index in [-0.39, 0.29) is 25.7 Å². The van der Waals surface area contributed by atoms with Gasteiger partial charge >= 0.3 is 11.9 Å². The molecule has 23 heavy (non-hydrogen) atoms. The van der Waals surface area contributed by atoms with Gasteiger partial charge in [-0.25, -0.2) is 4.79 Å². The number of carbonyl (C=O) groups excluding carboxylic acids is 3. The van der Waals surface area contributed by atoms with Crippen LogP contribution in [0, 0.1) is 0 Å². The lowest BCUT2D eigenvalue weighted by Crippen LogP contribution is -2.31. The van der Waals surface area contributed by atoms with Gasteiger partial charge in [0.15, 0.2) is 0 Å². The number of imide groups is 1. The topological polar surface area (TPSA) is 101 Å². The summed E-state index contributed by atoms with van der Waals surface area (Å²) in [6.07, 6.45) is 8.08. The summed E-state index contributed by atoms with van der Waals surface area (Å²) in [4.78, 5) is 49.2. The van der Waals surface area contributed by atoms with Gasteiger partial charge in [0.05, 0.1) is 0 Å². The van der Waals surface area contributed by atoms with Crippen LogP contribution in [0.15, 0.2) is 0 Å². The highest BCUT2D eigenvalue weighted by Crippen LogP contribution is 2.14. The summed E-state index contributed by atoms with van der Waals surface area (Å²) in [6, 6.07) is 0. The number of carbonyl (C=O) groups is 4. The zero-order valence-corrected chi connectivity index (χ0v) is 13.4. The largest absolute Gasteiger partial charge is 0.481 e. The Balaban J connectivity index is 1.92. The lowest BCUT2D eigenvalue weighted by Gasteiger charge is -2.12. The van der Waals surface area contributed by atoms with Crippen LogP contribution in [0.5, 0.6) is 0 Å². The number of carboxylic acids is 1. The number of unbranched alkanes of at least 4 members (excludes halogenated alkanes) is 7. The van der Waals surface area contributed by atoms with E-state index >= 15 is 0 Å². The van der Waals surface area contributed by atoms with Crippen LogP contribution >= 0.6 is 0 Å². The smallest absolute Gasteiger partial charge is 0.333 e. The molecule has 1 N–H and O–H groups in total. The van der Waals surface area contributed by atoms with Crippen molar-refractivity contribution in [3.63, 3.8) is 0 Å². The number of carboxylic acid groups (broad SMARTS) is 1. The molecule has 130 valence electrons. The van der Waals surface area contributed by atoms with E-state index in [1.165, 1.54) is 0 Å². The quantitative estimate of drug-likeness (QED) is 0.437.